The van der Waals surface area contributed by atoms with E-state index in [0.717, 1.165) is 0 Å². The molecule has 15 heavy (non-hydrogen) atoms. The molecule has 5 heteroatoms. The zero-order valence-electron chi connectivity index (χ0n) is 7.97. The summed E-state index contributed by atoms with van der Waals surface area (Å²) in [5, 5.41) is 0. The van der Waals surface area contributed by atoms with Gasteiger partial charge in [-0.3, -0.25) is 4.79 Å². The van der Waals surface area contributed by atoms with Gasteiger partial charge in [-0.1, -0.05) is 13.0 Å². The highest BCUT2D eigenvalue weighted by Crippen LogP contribution is 2.30. The third kappa shape index (κ3) is 2.99. The molecule has 2 nitrogen and oxygen atoms in total. The molecule has 0 spiro atoms. The summed E-state index contributed by atoms with van der Waals surface area (Å²) >= 11 is 3.07. The van der Waals surface area contributed by atoms with Gasteiger partial charge in [0.05, 0.1) is 4.47 Å². The molecule has 0 aliphatic rings. The van der Waals surface area contributed by atoms with Gasteiger partial charge in [0.15, 0.2) is 5.78 Å². The number of hydrogen-bond acceptors (Lipinski definition) is 2. The van der Waals surface area contributed by atoms with Crippen LogP contribution >= 0.6 is 15.9 Å². The monoisotopic (exact) mass is 278 g/mol. The highest BCUT2D eigenvalue weighted by Gasteiger charge is 2.14. The number of carbonyl (C=O) groups excluding carboxylic acids is 1. The maximum absolute atomic E-state index is 12.0. The largest absolute Gasteiger partial charge is 0.434 e. The molecule has 0 atom stereocenters. The first-order valence-electron chi connectivity index (χ1n) is 4.32. The van der Waals surface area contributed by atoms with Crippen molar-refractivity contribution in [1.29, 1.82) is 0 Å². The van der Waals surface area contributed by atoms with Crippen molar-refractivity contribution in [2.45, 2.75) is 20.0 Å². The molecule has 0 heterocycles. The van der Waals surface area contributed by atoms with Crippen molar-refractivity contribution < 1.29 is 18.3 Å². The van der Waals surface area contributed by atoms with Crippen LogP contribution in [0.4, 0.5) is 8.78 Å². The number of carbonyl (C=O) groups is 1. The number of halogens is 3. The summed E-state index contributed by atoms with van der Waals surface area (Å²) < 4.78 is 28.5. The van der Waals surface area contributed by atoms with Crippen LogP contribution in [-0.4, -0.2) is 12.4 Å². The average molecular weight is 279 g/mol. The summed E-state index contributed by atoms with van der Waals surface area (Å²) in [4.78, 5) is 11.4. The minimum Gasteiger partial charge on any atom is -0.434 e. The summed E-state index contributed by atoms with van der Waals surface area (Å²) in [5.41, 5.74) is 0.357. The maximum Gasteiger partial charge on any atom is 0.387 e. The van der Waals surface area contributed by atoms with Crippen molar-refractivity contribution in [2.24, 2.45) is 0 Å². The number of benzene rings is 1. The van der Waals surface area contributed by atoms with Crippen molar-refractivity contribution in [3.8, 4) is 5.75 Å². The van der Waals surface area contributed by atoms with Crippen molar-refractivity contribution >= 4 is 21.7 Å². The molecule has 0 aliphatic carbocycles. The van der Waals surface area contributed by atoms with Gasteiger partial charge in [-0.2, -0.15) is 8.78 Å². The predicted molar refractivity (Wildman–Crippen MR) is 55.4 cm³/mol. The van der Waals surface area contributed by atoms with Crippen LogP contribution in [0.25, 0.3) is 0 Å². The summed E-state index contributed by atoms with van der Waals surface area (Å²) in [6.07, 6.45) is 0.316. The molecule has 0 amide bonds. The summed E-state index contributed by atoms with van der Waals surface area (Å²) in [7, 11) is 0. The molecule has 0 aliphatic heterocycles. The Hall–Kier alpha value is -0.970. The Morgan fingerprint density at radius 1 is 1.53 bits per heavy atom. The minimum absolute atomic E-state index is 0.0238. The number of Topliss-reactive ketones (excluding diaryl/α,β-unsaturated/α-hetero) is 1. The van der Waals surface area contributed by atoms with Crippen molar-refractivity contribution in [2.75, 3.05) is 0 Å². The van der Waals surface area contributed by atoms with Crippen molar-refractivity contribution in [3.05, 3.63) is 28.2 Å². The van der Waals surface area contributed by atoms with E-state index in [9.17, 15) is 13.6 Å². The Morgan fingerprint density at radius 2 is 2.20 bits per heavy atom. The van der Waals surface area contributed by atoms with Crippen LogP contribution in [0.15, 0.2) is 22.7 Å². The molecular weight excluding hydrogens is 270 g/mol. The molecule has 1 rings (SSSR count). The Bertz CT molecular complexity index is 366. The van der Waals surface area contributed by atoms with Crippen LogP contribution in [0.5, 0.6) is 5.75 Å². The van der Waals surface area contributed by atoms with Gasteiger partial charge in [-0.15, -0.1) is 0 Å². The lowest BCUT2D eigenvalue weighted by Crippen LogP contribution is -2.05. The lowest BCUT2D eigenvalue weighted by Gasteiger charge is -2.09. The zero-order chi connectivity index (χ0) is 11.4. The lowest BCUT2D eigenvalue weighted by atomic mass is 10.1. The SMILES string of the molecule is CCC(=O)c1cccc(OC(F)F)c1Br. The molecular formula is C10H9BrF2O2. The molecule has 0 saturated heterocycles. The first-order chi connectivity index (χ1) is 7.06. The van der Waals surface area contributed by atoms with Crippen LogP contribution in [0.1, 0.15) is 23.7 Å². The van der Waals surface area contributed by atoms with Crippen LogP contribution in [0.3, 0.4) is 0 Å². The summed E-state index contributed by atoms with van der Waals surface area (Å²) in [6, 6.07) is 4.45. The van der Waals surface area contributed by atoms with E-state index in [1.54, 1.807) is 13.0 Å². The zero-order valence-corrected chi connectivity index (χ0v) is 9.55. The average Bonchev–Trinajstić information content (AvgIpc) is 2.19. The number of alkyl halides is 2. The molecule has 0 saturated carbocycles. The second kappa shape index (κ2) is 5.21. The van der Waals surface area contributed by atoms with Gasteiger partial charge in [0.25, 0.3) is 0 Å². The first kappa shape index (κ1) is 12.1. The topological polar surface area (TPSA) is 26.3 Å². The van der Waals surface area contributed by atoms with E-state index >= 15 is 0 Å². The number of ketones is 1. The highest BCUT2D eigenvalue weighted by molar-refractivity contribution is 9.10. The summed E-state index contributed by atoms with van der Waals surface area (Å²) in [6.45, 7) is -1.19. The Kier molecular flexibility index (Phi) is 4.20. The van der Waals surface area contributed by atoms with E-state index < -0.39 is 6.61 Å². The molecule has 1 aromatic rings. The van der Waals surface area contributed by atoms with E-state index in [1.165, 1.54) is 12.1 Å². The Balaban J connectivity index is 3.05. The second-order valence-corrected chi connectivity index (χ2v) is 3.57. The standard InChI is InChI=1S/C10H9BrF2O2/c1-2-7(14)6-4-3-5-8(9(6)11)15-10(12)13/h3-5,10H,2H2,1H3. The van der Waals surface area contributed by atoms with Crippen LogP contribution in [0.2, 0.25) is 0 Å². The van der Waals surface area contributed by atoms with Crippen LogP contribution in [-0.2, 0) is 0 Å². The third-order valence-electron chi connectivity index (χ3n) is 1.80. The van der Waals surface area contributed by atoms with Crippen molar-refractivity contribution in [3.63, 3.8) is 0 Å². The van der Waals surface area contributed by atoms with Gasteiger partial charge in [0.2, 0.25) is 0 Å². The van der Waals surface area contributed by atoms with E-state index in [1.807, 2.05) is 0 Å². The molecule has 0 unspecified atom stereocenters. The number of ether oxygens (including phenoxy) is 1. The smallest absolute Gasteiger partial charge is 0.387 e. The molecule has 0 fully saturated rings. The van der Waals surface area contributed by atoms with Gasteiger partial charge in [-0.25, -0.2) is 0 Å². The molecule has 0 aromatic heterocycles. The maximum atomic E-state index is 12.0. The highest BCUT2D eigenvalue weighted by atomic mass is 79.9. The van der Waals surface area contributed by atoms with E-state index in [2.05, 4.69) is 20.7 Å². The Labute approximate surface area is 94.4 Å². The molecule has 0 radical (unpaired) electrons. The molecule has 0 N–H and O–H groups in total. The minimum atomic E-state index is -2.90. The molecule has 82 valence electrons. The third-order valence-corrected chi connectivity index (χ3v) is 2.62. The first-order valence-corrected chi connectivity index (χ1v) is 5.12. The van der Waals surface area contributed by atoms with E-state index in [-0.39, 0.29) is 16.0 Å². The fraction of sp³-hybridized carbons (Fsp3) is 0.300. The van der Waals surface area contributed by atoms with E-state index in [0.29, 0.717) is 12.0 Å². The van der Waals surface area contributed by atoms with Gasteiger partial charge in [0, 0.05) is 12.0 Å². The number of rotatable bonds is 4. The Morgan fingerprint density at radius 3 is 2.73 bits per heavy atom. The predicted octanol–water partition coefficient (Wildman–Crippen LogP) is 3.64. The van der Waals surface area contributed by atoms with Gasteiger partial charge < -0.3 is 4.74 Å². The normalized spacial score (nSPS) is 10.5. The lowest BCUT2D eigenvalue weighted by molar-refractivity contribution is -0.0504. The fourth-order valence-electron chi connectivity index (χ4n) is 1.10. The molecule has 1 aromatic carbocycles. The van der Waals surface area contributed by atoms with Gasteiger partial charge in [0.1, 0.15) is 5.75 Å². The van der Waals surface area contributed by atoms with Crippen molar-refractivity contribution in [1.82, 2.24) is 0 Å². The quantitative estimate of drug-likeness (QED) is 0.786. The fourth-order valence-corrected chi connectivity index (χ4v) is 1.68. The molecule has 0 bridgehead atoms. The van der Waals surface area contributed by atoms with Crippen LogP contribution in [0, 0.1) is 0 Å². The van der Waals surface area contributed by atoms with Gasteiger partial charge in [-0.05, 0) is 28.1 Å². The van der Waals surface area contributed by atoms with Gasteiger partial charge >= 0.3 is 6.61 Å². The second-order valence-electron chi connectivity index (χ2n) is 2.77. The summed E-state index contributed by atoms with van der Waals surface area (Å²) in [5.74, 6) is -0.147. The number of hydrogen-bond donors (Lipinski definition) is 0. The van der Waals surface area contributed by atoms with E-state index in [4.69, 9.17) is 0 Å². The van der Waals surface area contributed by atoms with Crippen LogP contribution < -0.4 is 4.74 Å².